The molecule has 2 N–H and O–H groups in total. The van der Waals surface area contributed by atoms with E-state index in [-0.39, 0.29) is 23.1 Å². The van der Waals surface area contributed by atoms with Gasteiger partial charge in [0.15, 0.2) is 0 Å². The van der Waals surface area contributed by atoms with E-state index < -0.39 is 0 Å². The van der Waals surface area contributed by atoms with Crippen LogP contribution in [0.1, 0.15) is 69.1 Å². The molecule has 3 aromatic rings. The molecular weight excluding hydrogens is 554 g/mol. The smallest absolute Gasteiger partial charge is 0.272 e. The second kappa shape index (κ2) is 12.2. The van der Waals surface area contributed by atoms with Crippen LogP contribution in [0.4, 0.5) is 11.4 Å². The van der Waals surface area contributed by atoms with Gasteiger partial charge < -0.3 is 25.3 Å². The van der Waals surface area contributed by atoms with Crippen molar-refractivity contribution in [1.82, 2.24) is 34.5 Å². The van der Waals surface area contributed by atoms with Crippen molar-refractivity contribution in [3.05, 3.63) is 51.8 Å². The summed E-state index contributed by atoms with van der Waals surface area (Å²) in [5.74, 6) is -0.417. The zero-order chi connectivity index (χ0) is 30.0. The number of nitrogens with one attached hydrogen (secondary N) is 2. The molecule has 1 aromatic carbocycles. The van der Waals surface area contributed by atoms with E-state index in [1.165, 1.54) is 0 Å². The molecule has 3 amide bonds. The van der Waals surface area contributed by atoms with Gasteiger partial charge in [-0.2, -0.15) is 5.10 Å². The molecule has 0 radical (unpaired) electrons. The summed E-state index contributed by atoms with van der Waals surface area (Å²) in [4.78, 5) is 46.3. The number of anilines is 2. The summed E-state index contributed by atoms with van der Waals surface area (Å²) in [7, 11) is 1.80. The zero-order valence-electron chi connectivity index (χ0n) is 24.9. The number of piperazine rings is 1. The largest absolute Gasteiger partial charge is 0.366 e. The molecular formula is C29H39N9O3S. The van der Waals surface area contributed by atoms with Crippen LogP contribution < -0.4 is 15.5 Å². The molecule has 0 saturated carbocycles. The topological polar surface area (TPSA) is 129 Å². The Morgan fingerprint density at radius 3 is 2.36 bits per heavy atom. The highest BCUT2D eigenvalue weighted by Crippen LogP contribution is 2.30. The molecule has 2 aromatic heterocycles. The van der Waals surface area contributed by atoms with Crippen LogP contribution in [0, 0.1) is 6.92 Å². The van der Waals surface area contributed by atoms with E-state index in [2.05, 4.69) is 51.0 Å². The molecule has 0 aliphatic carbocycles. The van der Waals surface area contributed by atoms with E-state index >= 15 is 0 Å². The SMILES string of the molecule is Cc1nnsc1C(=O)Nc1cc(C(=O)N2CCCNCC2)ccc1N1CCN(C(=O)c2cc(C(C)(C)C)nn2C)CC1. The van der Waals surface area contributed by atoms with Gasteiger partial charge >= 0.3 is 0 Å². The van der Waals surface area contributed by atoms with Gasteiger partial charge in [0.05, 0.1) is 22.8 Å². The van der Waals surface area contributed by atoms with E-state index in [4.69, 9.17) is 0 Å². The first-order chi connectivity index (χ1) is 20.0. The molecule has 2 fully saturated rings. The number of amides is 3. The maximum Gasteiger partial charge on any atom is 0.272 e. The number of carbonyl (C=O) groups is 3. The van der Waals surface area contributed by atoms with Crippen molar-refractivity contribution in [2.24, 2.45) is 7.05 Å². The lowest BCUT2D eigenvalue weighted by Gasteiger charge is -2.37. The number of benzene rings is 1. The van der Waals surface area contributed by atoms with Gasteiger partial charge in [-0.1, -0.05) is 25.3 Å². The van der Waals surface area contributed by atoms with E-state index in [1.54, 1.807) is 24.7 Å². The summed E-state index contributed by atoms with van der Waals surface area (Å²) in [5, 5.41) is 14.9. The van der Waals surface area contributed by atoms with E-state index in [1.807, 2.05) is 28.0 Å². The molecule has 224 valence electrons. The third-order valence-electron chi connectivity index (χ3n) is 7.75. The highest BCUT2D eigenvalue weighted by atomic mass is 32.1. The molecule has 13 heteroatoms. The van der Waals surface area contributed by atoms with Crippen LogP contribution in [0.3, 0.4) is 0 Å². The molecule has 0 bridgehead atoms. The number of nitrogens with zero attached hydrogens (tertiary/aromatic N) is 7. The Bertz CT molecular complexity index is 1460. The van der Waals surface area contributed by atoms with Gasteiger partial charge in [0, 0.05) is 63.8 Å². The van der Waals surface area contributed by atoms with Crippen LogP contribution in [0.5, 0.6) is 0 Å². The Kier molecular flexibility index (Phi) is 8.60. The van der Waals surface area contributed by atoms with Crippen LogP contribution in [0.15, 0.2) is 24.3 Å². The van der Waals surface area contributed by atoms with Crippen molar-refractivity contribution < 1.29 is 14.4 Å². The Morgan fingerprint density at radius 2 is 1.69 bits per heavy atom. The molecule has 5 rings (SSSR count). The van der Waals surface area contributed by atoms with E-state index in [0.29, 0.717) is 66.8 Å². The summed E-state index contributed by atoms with van der Waals surface area (Å²) >= 11 is 1.04. The fraction of sp³-hybridized carbons (Fsp3) is 0.517. The summed E-state index contributed by atoms with van der Waals surface area (Å²) in [6, 6.07) is 7.37. The first kappa shape index (κ1) is 29.6. The van der Waals surface area contributed by atoms with Gasteiger partial charge in [-0.15, -0.1) is 5.10 Å². The lowest BCUT2D eigenvalue weighted by Crippen LogP contribution is -2.49. The zero-order valence-corrected chi connectivity index (χ0v) is 25.8. The Balaban J connectivity index is 1.36. The normalized spacial score (nSPS) is 16.4. The van der Waals surface area contributed by atoms with Gasteiger partial charge in [-0.3, -0.25) is 19.1 Å². The molecule has 2 saturated heterocycles. The standard InChI is InChI=1S/C29H39N9O3S/c1-19-25(42-34-32-19)26(39)31-21-17-20(27(40)37-11-6-9-30-10-12-37)7-8-22(21)36-13-15-38(16-14-36)28(41)23-18-24(29(2,3)4)33-35(23)5/h7-8,17-18,30H,6,9-16H2,1-5H3,(H,31,39). The third kappa shape index (κ3) is 6.31. The summed E-state index contributed by atoms with van der Waals surface area (Å²) in [5.41, 5.74) is 3.73. The minimum absolute atomic E-state index is 0.0465. The maximum absolute atomic E-state index is 13.4. The van der Waals surface area contributed by atoms with Crippen molar-refractivity contribution >= 4 is 40.6 Å². The lowest BCUT2D eigenvalue weighted by atomic mass is 9.92. The molecule has 2 aliphatic rings. The fourth-order valence-corrected chi connectivity index (χ4v) is 5.79. The Labute approximate surface area is 250 Å². The summed E-state index contributed by atoms with van der Waals surface area (Å²) in [6.45, 7) is 13.1. The van der Waals surface area contributed by atoms with Crippen molar-refractivity contribution in [1.29, 1.82) is 0 Å². The minimum Gasteiger partial charge on any atom is -0.366 e. The second-order valence-corrected chi connectivity index (χ2v) is 12.6. The van der Waals surface area contributed by atoms with Crippen LogP contribution in [0.25, 0.3) is 0 Å². The summed E-state index contributed by atoms with van der Waals surface area (Å²) in [6.07, 6.45) is 0.893. The predicted octanol–water partition coefficient (Wildman–Crippen LogP) is 2.53. The van der Waals surface area contributed by atoms with Crippen molar-refractivity contribution in [2.45, 2.75) is 39.5 Å². The fourth-order valence-electron chi connectivity index (χ4n) is 5.24. The van der Waals surface area contributed by atoms with E-state index in [9.17, 15) is 14.4 Å². The maximum atomic E-state index is 13.4. The van der Waals surface area contributed by atoms with Crippen LogP contribution >= 0.6 is 11.5 Å². The number of carbonyl (C=O) groups excluding carboxylic acids is 3. The Hall–Kier alpha value is -3.84. The van der Waals surface area contributed by atoms with Crippen molar-refractivity contribution in [3.8, 4) is 0 Å². The van der Waals surface area contributed by atoms with Gasteiger partial charge in [-0.25, -0.2) is 0 Å². The monoisotopic (exact) mass is 593 g/mol. The second-order valence-electron chi connectivity index (χ2n) is 11.8. The van der Waals surface area contributed by atoms with Crippen LogP contribution in [-0.2, 0) is 12.5 Å². The van der Waals surface area contributed by atoms with Gasteiger partial charge in [0.25, 0.3) is 17.7 Å². The first-order valence-electron chi connectivity index (χ1n) is 14.4. The molecule has 0 atom stereocenters. The van der Waals surface area contributed by atoms with Gasteiger partial charge in [0.2, 0.25) is 0 Å². The number of hydrogen-bond donors (Lipinski definition) is 2. The van der Waals surface area contributed by atoms with E-state index in [0.717, 1.165) is 42.4 Å². The summed E-state index contributed by atoms with van der Waals surface area (Å²) < 4.78 is 5.56. The Morgan fingerprint density at radius 1 is 0.952 bits per heavy atom. The average Bonchev–Trinajstić information content (AvgIpc) is 3.47. The number of rotatable bonds is 5. The molecule has 0 spiro atoms. The highest BCUT2D eigenvalue weighted by molar-refractivity contribution is 7.08. The quantitative estimate of drug-likeness (QED) is 0.462. The van der Waals surface area contributed by atoms with Gasteiger partial charge in [0.1, 0.15) is 10.6 Å². The predicted molar refractivity (Wildman–Crippen MR) is 162 cm³/mol. The highest BCUT2D eigenvalue weighted by Gasteiger charge is 2.29. The van der Waals surface area contributed by atoms with Crippen molar-refractivity contribution in [2.75, 3.05) is 62.6 Å². The van der Waals surface area contributed by atoms with Crippen LogP contribution in [0.2, 0.25) is 0 Å². The molecule has 0 unspecified atom stereocenters. The number of aryl methyl sites for hydroxylation is 2. The molecule has 2 aliphatic heterocycles. The number of hydrogen-bond acceptors (Lipinski definition) is 9. The molecule has 42 heavy (non-hydrogen) atoms. The number of aromatic nitrogens is 4. The van der Waals surface area contributed by atoms with Crippen molar-refractivity contribution in [3.63, 3.8) is 0 Å². The lowest BCUT2D eigenvalue weighted by molar-refractivity contribution is 0.0733. The van der Waals surface area contributed by atoms with Gasteiger partial charge in [-0.05, 0) is 55.7 Å². The third-order valence-corrected chi connectivity index (χ3v) is 8.58. The average molecular weight is 594 g/mol. The van der Waals surface area contributed by atoms with Crippen LogP contribution in [-0.4, -0.2) is 99.2 Å². The first-order valence-corrected chi connectivity index (χ1v) is 15.1. The minimum atomic E-state index is -0.313. The molecule has 4 heterocycles. The molecule has 12 nitrogen and oxygen atoms in total.